The van der Waals surface area contributed by atoms with Crippen molar-refractivity contribution in [3.63, 3.8) is 0 Å². The van der Waals surface area contributed by atoms with Crippen LogP contribution in [-0.4, -0.2) is 15.0 Å². The fourth-order valence-electron chi connectivity index (χ4n) is 0.778. The molecular weight excluding hydrogens is 150 g/mol. The van der Waals surface area contributed by atoms with Gasteiger partial charge in [0.05, 0.1) is 0 Å². The van der Waals surface area contributed by atoms with Crippen LogP contribution in [0.2, 0.25) is 5.15 Å². The van der Waals surface area contributed by atoms with Crippen LogP contribution in [0.25, 0.3) is 0 Å². The zero-order valence-electron chi connectivity index (χ0n) is 6.13. The lowest BCUT2D eigenvalue weighted by atomic mass is 10.3. The third kappa shape index (κ3) is 1.29. The molecule has 0 bridgehead atoms. The fourth-order valence-corrected chi connectivity index (χ4v) is 0.944. The minimum atomic E-state index is 0.654. The first-order chi connectivity index (χ1) is 4.75. The second kappa shape index (κ2) is 3.01. The van der Waals surface area contributed by atoms with Gasteiger partial charge in [-0.25, -0.2) is 4.68 Å². The van der Waals surface area contributed by atoms with Crippen LogP contribution in [-0.2, 0) is 13.5 Å². The van der Waals surface area contributed by atoms with Gasteiger partial charge >= 0.3 is 0 Å². The van der Waals surface area contributed by atoms with Crippen molar-refractivity contribution in [1.29, 1.82) is 0 Å². The summed E-state index contributed by atoms with van der Waals surface area (Å²) in [6, 6.07) is 0. The zero-order valence-corrected chi connectivity index (χ0v) is 6.89. The molecule has 10 heavy (non-hydrogen) atoms. The maximum Gasteiger partial charge on any atom is 0.150 e. The molecule has 0 radical (unpaired) electrons. The Hall–Kier alpha value is -0.570. The van der Waals surface area contributed by atoms with Crippen molar-refractivity contribution in [2.24, 2.45) is 7.05 Å². The van der Waals surface area contributed by atoms with E-state index in [-0.39, 0.29) is 0 Å². The minimum Gasteiger partial charge on any atom is -0.237 e. The summed E-state index contributed by atoms with van der Waals surface area (Å²) in [7, 11) is 1.79. The fraction of sp³-hybridized carbons (Fsp3) is 0.667. The second-order valence-electron chi connectivity index (χ2n) is 2.20. The lowest BCUT2D eigenvalue weighted by Gasteiger charge is -1.90. The van der Waals surface area contributed by atoms with Crippen LogP contribution in [0, 0.1) is 0 Å². The molecule has 4 heteroatoms. The molecule has 0 aromatic carbocycles. The van der Waals surface area contributed by atoms with Crippen LogP contribution < -0.4 is 0 Å². The molecule has 0 amide bonds. The van der Waals surface area contributed by atoms with Crippen molar-refractivity contribution in [2.45, 2.75) is 19.8 Å². The highest BCUT2D eigenvalue weighted by Crippen LogP contribution is 2.12. The predicted octanol–water partition coefficient (Wildman–Crippen LogP) is 1.42. The summed E-state index contributed by atoms with van der Waals surface area (Å²) in [6.07, 6.45) is 1.96. The van der Waals surface area contributed by atoms with Gasteiger partial charge in [0, 0.05) is 7.05 Å². The van der Waals surface area contributed by atoms with E-state index in [0.717, 1.165) is 18.5 Å². The maximum absolute atomic E-state index is 5.83. The highest BCUT2D eigenvalue weighted by molar-refractivity contribution is 6.30. The SMILES string of the molecule is CCCc1nnn(C)c1Cl. The first-order valence-corrected chi connectivity index (χ1v) is 3.67. The van der Waals surface area contributed by atoms with Gasteiger partial charge in [0.1, 0.15) is 10.8 Å². The number of halogens is 1. The van der Waals surface area contributed by atoms with Crippen molar-refractivity contribution in [1.82, 2.24) is 15.0 Å². The molecule has 1 aromatic rings. The summed E-state index contributed by atoms with van der Waals surface area (Å²) < 4.78 is 1.58. The molecular formula is C6H10ClN3. The van der Waals surface area contributed by atoms with Gasteiger partial charge < -0.3 is 0 Å². The van der Waals surface area contributed by atoms with E-state index in [1.807, 2.05) is 0 Å². The van der Waals surface area contributed by atoms with Crippen molar-refractivity contribution in [3.8, 4) is 0 Å². The number of nitrogens with zero attached hydrogens (tertiary/aromatic N) is 3. The number of hydrogen-bond donors (Lipinski definition) is 0. The van der Waals surface area contributed by atoms with E-state index in [9.17, 15) is 0 Å². The van der Waals surface area contributed by atoms with Gasteiger partial charge in [-0.2, -0.15) is 0 Å². The summed E-state index contributed by atoms with van der Waals surface area (Å²) in [5.74, 6) is 0. The Kier molecular flexibility index (Phi) is 2.27. The van der Waals surface area contributed by atoms with Crippen molar-refractivity contribution in [3.05, 3.63) is 10.8 Å². The third-order valence-corrected chi connectivity index (χ3v) is 1.77. The molecule has 0 aliphatic heterocycles. The van der Waals surface area contributed by atoms with E-state index < -0.39 is 0 Å². The first kappa shape index (κ1) is 7.54. The monoisotopic (exact) mass is 159 g/mol. The molecule has 1 rings (SSSR count). The van der Waals surface area contributed by atoms with Gasteiger partial charge in [0.25, 0.3) is 0 Å². The van der Waals surface area contributed by atoms with Crippen LogP contribution >= 0.6 is 11.6 Å². The standard InChI is InChI=1S/C6H10ClN3/c1-3-4-5-6(7)10(2)9-8-5/h3-4H2,1-2H3. The Morgan fingerprint density at radius 3 is 2.70 bits per heavy atom. The molecule has 0 N–H and O–H groups in total. The first-order valence-electron chi connectivity index (χ1n) is 3.29. The minimum absolute atomic E-state index is 0.654. The van der Waals surface area contributed by atoms with E-state index in [4.69, 9.17) is 11.6 Å². The molecule has 1 aromatic heterocycles. The normalized spacial score (nSPS) is 10.3. The molecule has 0 unspecified atom stereocenters. The van der Waals surface area contributed by atoms with Crippen molar-refractivity contribution in [2.75, 3.05) is 0 Å². The van der Waals surface area contributed by atoms with E-state index in [2.05, 4.69) is 17.2 Å². The number of aryl methyl sites for hydroxylation is 2. The average Bonchev–Trinajstić information content (AvgIpc) is 2.20. The van der Waals surface area contributed by atoms with E-state index >= 15 is 0 Å². The summed E-state index contributed by atoms with van der Waals surface area (Å²) in [6.45, 7) is 2.09. The predicted molar refractivity (Wildman–Crippen MR) is 40.0 cm³/mol. The second-order valence-corrected chi connectivity index (χ2v) is 2.56. The summed E-state index contributed by atoms with van der Waals surface area (Å²) >= 11 is 5.83. The Morgan fingerprint density at radius 2 is 2.30 bits per heavy atom. The zero-order chi connectivity index (χ0) is 7.56. The van der Waals surface area contributed by atoms with Crippen molar-refractivity contribution < 1.29 is 0 Å². The number of hydrogen-bond acceptors (Lipinski definition) is 2. The summed E-state index contributed by atoms with van der Waals surface area (Å²) in [5.41, 5.74) is 0.895. The molecule has 0 fully saturated rings. The van der Waals surface area contributed by atoms with Gasteiger partial charge in [-0.1, -0.05) is 30.2 Å². The van der Waals surface area contributed by atoms with E-state index in [0.29, 0.717) is 5.15 Å². The maximum atomic E-state index is 5.83. The highest BCUT2D eigenvalue weighted by atomic mass is 35.5. The summed E-state index contributed by atoms with van der Waals surface area (Å²) in [5, 5.41) is 8.31. The molecule has 3 nitrogen and oxygen atoms in total. The number of rotatable bonds is 2. The number of aromatic nitrogens is 3. The average molecular weight is 160 g/mol. The van der Waals surface area contributed by atoms with Gasteiger partial charge in [-0.15, -0.1) is 5.10 Å². The van der Waals surface area contributed by atoms with Gasteiger partial charge in [-0.3, -0.25) is 0 Å². The van der Waals surface area contributed by atoms with Gasteiger partial charge in [0.2, 0.25) is 0 Å². The third-order valence-electron chi connectivity index (χ3n) is 1.31. The van der Waals surface area contributed by atoms with Crippen molar-refractivity contribution >= 4 is 11.6 Å². The molecule has 0 saturated carbocycles. The summed E-state index contributed by atoms with van der Waals surface area (Å²) in [4.78, 5) is 0. The molecule has 0 saturated heterocycles. The Balaban J connectivity index is 2.83. The Bertz CT molecular complexity index is 219. The molecule has 56 valence electrons. The topological polar surface area (TPSA) is 30.7 Å². The quantitative estimate of drug-likeness (QED) is 0.654. The van der Waals surface area contributed by atoms with Crippen LogP contribution in [0.4, 0.5) is 0 Å². The smallest absolute Gasteiger partial charge is 0.150 e. The lowest BCUT2D eigenvalue weighted by Crippen LogP contribution is -1.89. The Morgan fingerprint density at radius 1 is 1.60 bits per heavy atom. The molecule has 1 heterocycles. The molecule has 0 atom stereocenters. The van der Waals surface area contributed by atoms with Gasteiger partial charge in [-0.05, 0) is 6.42 Å². The van der Waals surface area contributed by atoms with E-state index in [1.54, 1.807) is 11.7 Å². The van der Waals surface area contributed by atoms with Gasteiger partial charge in [0.15, 0.2) is 0 Å². The molecule has 0 aliphatic carbocycles. The Labute approximate surface area is 65.0 Å². The lowest BCUT2D eigenvalue weighted by molar-refractivity contribution is 0.713. The largest absolute Gasteiger partial charge is 0.237 e. The highest BCUT2D eigenvalue weighted by Gasteiger charge is 2.04. The molecule has 0 spiro atoms. The molecule has 0 aliphatic rings. The van der Waals surface area contributed by atoms with Crippen LogP contribution in [0.15, 0.2) is 0 Å². The van der Waals surface area contributed by atoms with Crippen LogP contribution in [0.5, 0.6) is 0 Å². The van der Waals surface area contributed by atoms with Crippen LogP contribution in [0.3, 0.4) is 0 Å². The van der Waals surface area contributed by atoms with E-state index in [1.165, 1.54) is 0 Å². The van der Waals surface area contributed by atoms with Crippen LogP contribution in [0.1, 0.15) is 19.0 Å².